The molecule has 3 rings (SSSR count). The molecule has 0 amide bonds. The lowest BCUT2D eigenvalue weighted by atomic mass is 10.0. The molecule has 2 N–H and O–H groups in total. The molecule has 0 radical (unpaired) electrons. The normalized spacial score (nSPS) is 16.7. The van der Waals surface area contributed by atoms with Crippen LogP contribution in [-0.4, -0.2) is 22.7 Å². The lowest BCUT2D eigenvalue weighted by Crippen LogP contribution is -2.21. The molecule has 0 spiro atoms. The molecule has 1 aromatic heterocycles. The topological polar surface area (TPSA) is 71.5 Å². The standard InChI is InChI=1S/C15H13FN2O3/c16-13-10(15(19)20)5-7-17-14(13)18-11-6-8-21-12-4-2-1-3-9(11)12/h1-5,7,11H,6,8H2,(H,17,18)(H,19,20). The number of nitrogens with one attached hydrogen (secondary N) is 1. The number of nitrogens with zero attached hydrogens (tertiary/aromatic N) is 1. The first kappa shape index (κ1) is 13.4. The highest BCUT2D eigenvalue weighted by atomic mass is 19.1. The van der Waals surface area contributed by atoms with Crippen molar-refractivity contribution in [1.29, 1.82) is 0 Å². The van der Waals surface area contributed by atoms with Crippen LogP contribution in [0.3, 0.4) is 0 Å². The predicted octanol–water partition coefficient (Wildman–Crippen LogP) is 2.85. The molecule has 0 aliphatic carbocycles. The molecule has 6 heteroatoms. The van der Waals surface area contributed by atoms with Crippen LogP contribution >= 0.6 is 0 Å². The Morgan fingerprint density at radius 1 is 1.38 bits per heavy atom. The van der Waals surface area contributed by atoms with E-state index >= 15 is 0 Å². The number of rotatable bonds is 3. The van der Waals surface area contributed by atoms with Crippen molar-refractivity contribution in [3.8, 4) is 5.75 Å². The molecule has 0 bridgehead atoms. The fourth-order valence-electron chi connectivity index (χ4n) is 2.37. The summed E-state index contributed by atoms with van der Waals surface area (Å²) in [5.41, 5.74) is 0.513. The molecule has 108 valence electrons. The molecule has 2 aromatic rings. The molecule has 1 aliphatic rings. The Bertz CT molecular complexity index is 690. The molecule has 21 heavy (non-hydrogen) atoms. The van der Waals surface area contributed by atoms with Crippen LogP contribution in [0, 0.1) is 5.82 Å². The fraction of sp³-hybridized carbons (Fsp3) is 0.200. The lowest BCUT2D eigenvalue weighted by molar-refractivity contribution is 0.0692. The minimum absolute atomic E-state index is 0.0587. The van der Waals surface area contributed by atoms with Gasteiger partial charge in [-0.15, -0.1) is 0 Å². The van der Waals surface area contributed by atoms with Gasteiger partial charge in [0.25, 0.3) is 0 Å². The minimum Gasteiger partial charge on any atom is -0.493 e. The molecule has 2 heterocycles. The van der Waals surface area contributed by atoms with E-state index in [4.69, 9.17) is 9.84 Å². The van der Waals surface area contributed by atoms with E-state index in [1.807, 2.05) is 24.3 Å². The third-order valence-electron chi connectivity index (χ3n) is 3.39. The van der Waals surface area contributed by atoms with Gasteiger partial charge in [-0.1, -0.05) is 18.2 Å². The monoisotopic (exact) mass is 288 g/mol. The van der Waals surface area contributed by atoms with E-state index in [1.165, 1.54) is 6.20 Å². The van der Waals surface area contributed by atoms with Crippen molar-refractivity contribution < 1.29 is 19.0 Å². The van der Waals surface area contributed by atoms with Crippen molar-refractivity contribution in [2.75, 3.05) is 11.9 Å². The Kier molecular flexibility index (Phi) is 3.43. The van der Waals surface area contributed by atoms with E-state index in [9.17, 15) is 9.18 Å². The SMILES string of the molecule is O=C(O)c1ccnc(NC2CCOc3ccccc32)c1F. The number of hydrogen-bond donors (Lipinski definition) is 2. The summed E-state index contributed by atoms with van der Waals surface area (Å²) in [6, 6.07) is 8.46. The number of anilines is 1. The third kappa shape index (κ3) is 2.52. The molecular formula is C15H13FN2O3. The van der Waals surface area contributed by atoms with Gasteiger partial charge in [-0.3, -0.25) is 0 Å². The van der Waals surface area contributed by atoms with Gasteiger partial charge >= 0.3 is 5.97 Å². The largest absolute Gasteiger partial charge is 0.493 e. The van der Waals surface area contributed by atoms with Gasteiger partial charge in [0, 0.05) is 18.2 Å². The number of pyridine rings is 1. The Labute approximate surface area is 120 Å². The van der Waals surface area contributed by atoms with Gasteiger partial charge in [0.05, 0.1) is 12.6 Å². The zero-order valence-corrected chi connectivity index (χ0v) is 11.0. The van der Waals surface area contributed by atoms with Crippen LogP contribution in [0.4, 0.5) is 10.2 Å². The average molecular weight is 288 g/mol. The number of aromatic nitrogens is 1. The maximum absolute atomic E-state index is 14.1. The van der Waals surface area contributed by atoms with E-state index < -0.39 is 17.3 Å². The fourth-order valence-corrected chi connectivity index (χ4v) is 2.37. The first-order valence-corrected chi connectivity index (χ1v) is 6.53. The molecule has 0 saturated heterocycles. The van der Waals surface area contributed by atoms with E-state index in [0.29, 0.717) is 13.0 Å². The number of hydrogen-bond acceptors (Lipinski definition) is 4. The van der Waals surface area contributed by atoms with Gasteiger partial charge in [0.2, 0.25) is 0 Å². The Morgan fingerprint density at radius 3 is 3.00 bits per heavy atom. The van der Waals surface area contributed by atoms with Gasteiger partial charge in [-0.2, -0.15) is 0 Å². The van der Waals surface area contributed by atoms with Crippen molar-refractivity contribution in [2.24, 2.45) is 0 Å². The van der Waals surface area contributed by atoms with Gasteiger partial charge in [0.1, 0.15) is 11.3 Å². The highest BCUT2D eigenvalue weighted by Crippen LogP contribution is 2.34. The molecule has 1 aliphatic heterocycles. The highest BCUT2D eigenvalue weighted by Gasteiger charge is 2.23. The summed E-state index contributed by atoms with van der Waals surface area (Å²) >= 11 is 0. The van der Waals surface area contributed by atoms with Crippen LogP contribution in [0.2, 0.25) is 0 Å². The highest BCUT2D eigenvalue weighted by molar-refractivity contribution is 5.88. The second-order valence-corrected chi connectivity index (χ2v) is 4.70. The van der Waals surface area contributed by atoms with Crippen molar-refractivity contribution >= 4 is 11.8 Å². The van der Waals surface area contributed by atoms with E-state index in [2.05, 4.69) is 10.3 Å². The second kappa shape index (κ2) is 5.40. The number of halogens is 1. The number of carboxylic acids is 1. The van der Waals surface area contributed by atoms with Gasteiger partial charge in [0.15, 0.2) is 11.6 Å². The number of para-hydroxylation sites is 1. The number of carbonyl (C=O) groups is 1. The summed E-state index contributed by atoms with van der Waals surface area (Å²) in [6.45, 7) is 0.509. The molecule has 1 atom stereocenters. The van der Waals surface area contributed by atoms with E-state index in [-0.39, 0.29) is 11.9 Å². The Morgan fingerprint density at radius 2 is 2.19 bits per heavy atom. The molecule has 5 nitrogen and oxygen atoms in total. The maximum Gasteiger partial charge on any atom is 0.338 e. The van der Waals surface area contributed by atoms with Crippen LogP contribution in [-0.2, 0) is 0 Å². The molecule has 0 saturated carbocycles. The zero-order valence-electron chi connectivity index (χ0n) is 11.0. The molecular weight excluding hydrogens is 275 g/mol. The minimum atomic E-state index is -1.31. The Balaban J connectivity index is 1.92. The smallest absolute Gasteiger partial charge is 0.338 e. The summed E-state index contributed by atoms with van der Waals surface area (Å²) in [7, 11) is 0. The van der Waals surface area contributed by atoms with E-state index in [1.54, 1.807) is 0 Å². The van der Waals surface area contributed by atoms with E-state index in [0.717, 1.165) is 17.4 Å². The van der Waals surface area contributed by atoms with Crippen LogP contribution in [0.25, 0.3) is 0 Å². The lowest BCUT2D eigenvalue weighted by Gasteiger charge is -2.27. The summed E-state index contributed by atoms with van der Waals surface area (Å²) in [4.78, 5) is 14.8. The number of ether oxygens (including phenoxy) is 1. The first-order chi connectivity index (χ1) is 10.2. The summed E-state index contributed by atoms with van der Waals surface area (Å²) in [5.74, 6) is -1.48. The summed E-state index contributed by atoms with van der Waals surface area (Å²) in [5, 5.41) is 11.9. The Hall–Kier alpha value is -2.63. The van der Waals surface area contributed by atoms with Crippen LogP contribution in [0.1, 0.15) is 28.4 Å². The molecule has 1 aromatic carbocycles. The summed E-state index contributed by atoms with van der Waals surface area (Å²) < 4.78 is 19.7. The second-order valence-electron chi connectivity index (χ2n) is 4.70. The summed E-state index contributed by atoms with van der Waals surface area (Å²) in [6.07, 6.45) is 1.93. The first-order valence-electron chi connectivity index (χ1n) is 6.53. The molecule has 1 unspecified atom stereocenters. The van der Waals surface area contributed by atoms with Crippen molar-refractivity contribution in [3.05, 3.63) is 53.5 Å². The van der Waals surface area contributed by atoms with Crippen LogP contribution < -0.4 is 10.1 Å². The van der Waals surface area contributed by atoms with Crippen LogP contribution in [0.5, 0.6) is 5.75 Å². The maximum atomic E-state index is 14.1. The van der Waals surface area contributed by atoms with Crippen LogP contribution in [0.15, 0.2) is 36.5 Å². The number of carboxylic acid groups (broad SMARTS) is 1. The van der Waals surface area contributed by atoms with Gasteiger partial charge in [-0.05, 0) is 12.1 Å². The van der Waals surface area contributed by atoms with Gasteiger partial charge < -0.3 is 15.2 Å². The number of fused-ring (bicyclic) bond motifs is 1. The third-order valence-corrected chi connectivity index (χ3v) is 3.39. The van der Waals surface area contributed by atoms with Crippen molar-refractivity contribution in [1.82, 2.24) is 4.98 Å². The van der Waals surface area contributed by atoms with Gasteiger partial charge in [-0.25, -0.2) is 14.2 Å². The van der Waals surface area contributed by atoms with Crippen molar-refractivity contribution in [3.63, 3.8) is 0 Å². The van der Waals surface area contributed by atoms with Crippen molar-refractivity contribution in [2.45, 2.75) is 12.5 Å². The zero-order chi connectivity index (χ0) is 14.8. The quantitative estimate of drug-likeness (QED) is 0.908. The predicted molar refractivity (Wildman–Crippen MR) is 74.1 cm³/mol. The average Bonchev–Trinajstić information content (AvgIpc) is 2.49. The molecule has 0 fully saturated rings. The number of aromatic carboxylic acids is 1. The number of benzene rings is 1.